The lowest BCUT2D eigenvalue weighted by Gasteiger charge is -2.55. The molecule has 14 heteroatoms. The monoisotopic (exact) mass is 500 g/mol. The highest BCUT2D eigenvalue weighted by molar-refractivity contribution is 6.20. The molecule has 4 aliphatic heterocycles. The third-order valence-corrected chi connectivity index (χ3v) is 7.22. The van der Waals surface area contributed by atoms with Crippen LogP contribution in [0.3, 0.4) is 0 Å². The van der Waals surface area contributed by atoms with Crippen molar-refractivity contribution in [2.24, 2.45) is 5.41 Å². The number of amides is 5. The Morgan fingerprint density at radius 3 is 2.58 bits per heavy atom. The Hall–Kier alpha value is -4.07. The normalized spacial score (nSPS) is 29.1. The van der Waals surface area contributed by atoms with Crippen LogP contribution in [0.5, 0.6) is 0 Å². The maximum absolute atomic E-state index is 16.1. The van der Waals surface area contributed by atoms with Gasteiger partial charge in [-0.1, -0.05) is 5.16 Å². The molecule has 0 unspecified atom stereocenters. The number of imide groups is 2. The predicted molar refractivity (Wildman–Crippen MR) is 119 cm³/mol. The van der Waals surface area contributed by atoms with E-state index in [1.54, 1.807) is 18.7 Å². The van der Waals surface area contributed by atoms with Crippen molar-refractivity contribution in [2.75, 3.05) is 22.9 Å². The van der Waals surface area contributed by atoms with Gasteiger partial charge in [0.2, 0.25) is 17.4 Å². The topological polar surface area (TPSA) is 167 Å². The van der Waals surface area contributed by atoms with Crippen molar-refractivity contribution in [1.29, 1.82) is 5.41 Å². The zero-order valence-electron chi connectivity index (χ0n) is 19.2. The number of cyclic esters (lactones) is 1. The van der Waals surface area contributed by atoms with Crippen LogP contribution in [0.2, 0.25) is 0 Å². The first-order chi connectivity index (χ1) is 17.1. The van der Waals surface area contributed by atoms with Gasteiger partial charge in [-0.15, -0.1) is 0 Å². The van der Waals surface area contributed by atoms with Gasteiger partial charge in [0, 0.05) is 19.2 Å². The molecule has 3 saturated heterocycles. The van der Waals surface area contributed by atoms with Gasteiger partial charge in [-0.25, -0.2) is 14.0 Å². The van der Waals surface area contributed by atoms with Gasteiger partial charge in [0.25, 0.3) is 0 Å². The Bertz CT molecular complexity index is 1350. The zero-order valence-corrected chi connectivity index (χ0v) is 19.2. The zero-order chi connectivity index (χ0) is 25.5. The Morgan fingerprint density at radius 1 is 1.19 bits per heavy atom. The van der Waals surface area contributed by atoms with E-state index in [0.29, 0.717) is 5.56 Å². The van der Waals surface area contributed by atoms with Gasteiger partial charge in [-0.2, -0.15) is 0 Å². The first kappa shape index (κ1) is 22.4. The molecule has 0 radical (unpaired) electrons. The smallest absolute Gasteiger partial charge is 0.416 e. The lowest BCUT2D eigenvalue weighted by atomic mass is 9.66. The number of carbonyl (C=O) groups excluding carboxylic acids is 4. The Morgan fingerprint density at radius 2 is 1.92 bits per heavy atom. The van der Waals surface area contributed by atoms with Crippen molar-refractivity contribution in [3.05, 3.63) is 17.4 Å². The van der Waals surface area contributed by atoms with Gasteiger partial charge in [0.15, 0.2) is 23.2 Å². The number of aromatic nitrogens is 1. The molecule has 2 aromatic rings. The van der Waals surface area contributed by atoms with E-state index in [9.17, 15) is 19.2 Å². The number of ether oxygens (including phenoxy) is 2. The van der Waals surface area contributed by atoms with Gasteiger partial charge in [0.1, 0.15) is 0 Å². The minimum atomic E-state index is -1.78. The average molecular weight is 500 g/mol. The number of hydrogen-bond donors (Lipinski definition) is 3. The molecule has 188 valence electrons. The molecule has 3 N–H and O–H groups in total. The molecule has 1 spiro atoms. The van der Waals surface area contributed by atoms with Gasteiger partial charge in [0.05, 0.1) is 35.9 Å². The summed E-state index contributed by atoms with van der Waals surface area (Å²) in [4.78, 5) is 53.5. The summed E-state index contributed by atoms with van der Waals surface area (Å²) in [6.07, 6.45) is -1.85. The summed E-state index contributed by atoms with van der Waals surface area (Å²) in [5, 5.41) is 15.8. The number of nitrogens with one attached hydrogen (secondary N) is 3. The second-order valence-electron chi connectivity index (χ2n) is 9.42. The number of benzene rings is 1. The molecule has 4 atom stereocenters. The molecule has 0 saturated carbocycles. The molecular weight excluding hydrogens is 479 g/mol. The molecule has 13 nitrogen and oxygen atoms in total. The lowest BCUT2D eigenvalue weighted by Crippen LogP contribution is -2.75. The Labute approximate surface area is 202 Å². The highest BCUT2D eigenvalue weighted by Crippen LogP contribution is 2.49. The van der Waals surface area contributed by atoms with E-state index in [1.165, 1.54) is 6.07 Å². The van der Waals surface area contributed by atoms with Crippen molar-refractivity contribution in [3.8, 4) is 0 Å². The molecule has 6 rings (SSSR count). The molecule has 0 aliphatic carbocycles. The molecule has 5 heterocycles. The number of morpholine rings is 1. The summed E-state index contributed by atoms with van der Waals surface area (Å²) in [7, 11) is 0. The molecule has 1 aromatic carbocycles. The lowest BCUT2D eigenvalue weighted by molar-refractivity contribution is -0.153. The van der Waals surface area contributed by atoms with E-state index >= 15 is 4.39 Å². The number of urea groups is 1. The van der Waals surface area contributed by atoms with Crippen molar-refractivity contribution >= 4 is 52.6 Å². The predicted octanol–water partition coefficient (Wildman–Crippen LogP) is 0.832. The highest BCUT2D eigenvalue weighted by atomic mass is 19.1. The van der Waals surface area contributed by atoms with Crippen LogP contribution in [0, 0.1) is 16.6 Å². The van der Waals surface area contributed by atoms with Crippen molar-refractivity contribution in [1.82, 2.24) is 15.8 Å². The van der Waals surface area contributed by atoms with E-state index in [4.69, 9.17) is 19.4 Å². The summed E-state index contributed by atoms with van der Waals surface area (Å²) < 4.78 is 32.4. The summed E-state index contributed by atoms with van der Waals surface area (Å²) >= 11 is 0. The number of barbiturate groups is 1. The fourth-order valence-corrected chi connectivity index (χ4v) is 5.88. The summed E-state index contributed by atoms with van der Waals surface area (Å²) in [6, 6.07) is -0.308. The second-order valence-corrected chi connectivity index (χ2v) is 9.42. The van der Waals surface area contributed by atoms with E-state index < -0.39 is 53.4 Å². The SMILES string of the molecule is C[C@@H]1CN2c3c(cc4c(N5C[C@H](C=N)OC5=O)noc4c3F)CC3(C(=O)NC(=O)NC3=O)[C@H]2[C@H](C)O1. The van der Waals surface area contributed by atoms with Crippen molar-refractivity contribution in [2.45, 2.75) is 44.6 Å². The van der Waals surface area contributed by atoms with Crippen LogP contribution < -0.4 is 20.4 Å². The van der Waals surface area contributed by atoms with Gasteiger partial charge in [-0.05, 0) is 25.5 Å². The number of halogens is 1. The maximum atomic E-state index is 16.1. The molecular formula is C22H21FN6O7. The fraction of sp³-hybridized carbons (Fsp3) is 0.455. The first-order valence-electron chi connectivity index (χ1n) is 11.3. The molecule has 1 aromatic heterocycles. The summed E-state index contributed by atoms with van der Waals surface area (Å²) in [5.41, 5.74) is -1.54. The first-order valence-corrected chi connectivity index (χ1v) is 11.3. The van der Waals surface area contributed by atoms with E-state index in [2.05, 4.69) is 15.8 Å². The minimum Gasteiger partial charge on any atom is -0.438 e. The molecule has 3 fully saturated rings. The number of rotatable bonds is 2. The van der Waals surface area contributed by atoms with Crippen LogP contribution in [-0.2, 0) is 25.5 Å². The number of anilines is 2. The summed E-state index contributed by atoms with van der Waals surface area (Å²) in [5.74, 6) is -2.37. The van der Waals surface area contributed by atoms with E-state index in [0.717, 1.165) is 11.1 Å². The van der Waals surface area contributed by atoms with Gasteiger partial charge >= 0.3 is 12.1 Å². The third-order valence-electron chi connectivity index (χ3n) is 7.22. The number of nitrogens with zero attached hydrogens (tertiary/aromatic N) is 3. The third kappa shape index (κ3) is 2.84. The van der Waals surface area contributed by atoms with Crippen molar-refractivity contribution in [3.63, 3.8) is 0 Å². The minimum absolute atomic E-state index is 0.00587. The van der Waals surface area contributed by atoms with E-state index in [1.807, 2.05) is 0 Å². The number of carbonyl (C=O) groups is 4. The quantitative estimate of drug-likeness (QED) is 0.400. The van der Waals surface area contributed by atoms with Crippen LogP contribution in [0.15, 0.2) is 10.6 Å². The number of fused-ring (bicyclic) bond motifs is 5. The van der Waals surface area contributed by atoms with Crippen LogP contribution in [-0.4, -0.2) is 72.8 Å². The summed E-state index contributed by atoms with van der Waals surface area (Å²) in [6.45, 7) is 3.64. The Kier molecular flexibility index (Phi) is 4.64. The van der Waals surface area contributed by atoms with Crippen LogP contribution in [0.25, 0.3) is 11.0 Å². The van der Waals surface area contributed by atoms with Crippen LogP contribution >= 0.6 is 0 Å². The molecule has 36 heavy (non-hydrogen) atoms. The largest absolute Gasteiger partial charge is 0.438 e. The maximum Gasteiger partial charge on any atom is 0.416 e. The van der Waals surface area contributed by atoms with Crippen molar-refractivity contribution < 1.29 is 37.6 Å². The van der Waals surface area contributed by atoms with E-state index in [-0.39, 0.29) is 48.1 Å². The fourth-order valence-electron chi connectivity index (χ4n) is 5.88. The molecule has 0 bridgehead atoms. The average Bonchev–Trinajstić information content (AvgIpc) is 3.39. The van der Waals surface area contributed by atoms with Gasteiger partial charge < -0.3 is 24.3 Å². The molecule has 5 amide bonds. The molecule has 4 aliphatic rings. The van der Waals surface area contributed by atoms with Crippen LogP contribution in [0.4, 0.5) is 25.5 Å². The second kappa shape index (κ2) is 7.46. The Balaban J connectivity index is 1.55. The van der Waals surface area contributed by atoms with Crippen LogP contribution in [0.1, 0.15) is 19.4 Å². The number of hydrogen-bond acceptors (Lipinski definition) is 10. The highest BCUT2D eigenvalue weighted by Gasteiger charge is 2.63. The standard InChI is InChI=1S/C22H21FN6O7/c1-8-6-28-14-10(4-22(16(28)9(2)34-8)18(30)25-20(32)26-19(22)31)3-12-15(13(14)23)36-27-17(12)29-7-11(5-24)35-21(29)33/h3,5,8-9,11,16,24H,4,6-7H2,1-2H3,(H2,25,26,30,31,32)/t8-,9+,11+,16-/m1/s1. The van der Waals surface area contributed by atoms with Gasteiger partial charge in [-0.3, -0.25) is 25.1 Å².